The summed E-state index contributed by atoms with van der Waals surface area (Å²) < 4.78 is 0. The van der Waals surface area contributed by atoms with Crippen molar-refractivity contribution in [1.29, 1.82) is 0 Å². The molecule has 1 heterocycles. The molecule has 0 aromatic carbocycles. The number of aliphatic hydroxyl groups is 1. The number of hydrogen-bond donors (Lipinski definition) is 1. The molecule has 92 valence electrons. The summed E-state index contributed by atoms with van der Waals surface area (Å²) in [5, 5.41) is 9.41. The molecular formula is C13H23NO2. The fraction of sp³-hybridized carbons (Fsp3) is 0.923. The van der Waals surface area contributed by atoms with Crippen LogP contribution in [-0.4, -0.2) is 34.6 Å². The number of rotatable bonds is 4. The zero-order valence-corrected chi connectivity index (χ0v) is 10.2. The Bertz CT molecular complexity index is 248. The van der Waals surface area contributed by atoms with Crippen molar-refractivity contribution in [2.45, 2.75) is 64.0 Å². The highest BCUT2D eigenvalue weighted by Crippen LogP contribution is 2.31. The van der Waals surface area contributed by atoms with Crippen LogP contribution < -0.4 is 0 Å². The van der Waals surface area contributed by atoms with E-state index in [-0.39, 0.29) is 6.10 Å². The maximum Gasteiger partial charge on any atom is 0.223 e. The van der Waals surface area contributed by atoms with E-state index >= 15 is 0 Å². The van der Waals surface area contributed by atoms with Gasteiger partial charge in [-0.1, -0.05) is 6.42 Å². The molecule has 2 aliphatic rings. The molecule has 16 heavy (non-hydrogen) atoms. The van der Waals surface area contributed by atoms with Gasteiger partial charge in [0.05, 0.1) is 6.10 Å². The lowest BCUT2D eigenvalue weighted by Gasteiger charge is -2.30. The standard InChI is InChI=1S/C13H23NO2/c1-10(15)8-12-6-3-7-14(12)13(16)9-11-4-2-5-11/h10-12,15H,2-9H2,1H3. The zero-order valence-electron chi connectivity index (χ0n) is 10.2. The van der Waals surface area contributed by atoms with Crippen LogP contribution in [-0.2, 0) is 4.79 Å². The van der Waals surface area contributed by atoms with Crippen LogP contribution in [0.1, 0.15) is 51.9 Å². The first-order valence-electron chi connectivity index (χ1n) is 6.64. The Kier molecular flexibility index (Phi) is 3.85. The van der Waals surface area contributed by atoms with Crippen LogP contribution in [0, 0.1) is 5.92 Å². The van der Waals surface area contributed by atoms with Gasteiger partial charge in [0.1, 0.15) is 0 Å². The van der Waals surface area contributed by atoms with Crippen LogP contribution in [0.5, 0.6) is 0 Å². The molecule has 1 aliphatic heterocycles. The van der Waals surface area contributed by atoms with E-state index in [1.165, 1.54) is 19.3 Å². The predicted molar refractivity (Wildman–Crippen MR) is 63.0 cm³/mol. The Balaban J connectivity index is 1.83. The maximum absolute atomic E-state index is 12.1. The van der Waals surface area contributed by atoms with Crippen LogP contribution >= 0.6 is 0 Å². The molecule has 2 unspecified atom stereocenters. The van der Waals surface area contributed by atoms with Crippen molar-refractivity contribution in [3.05, 3.63) is 0 Å². The topological polar surface area (TPSA) is 40.5 Å². The van der Waals surface area contributed by atoms with Gasteiger partial charge in [0.25, 0.3) is 0 Å². The molecule has 0 bridgehead atoms. The highest BCUT2D eigenvalue weighted by molar-refractivity contribution is 5.77. The molecule has 1 N–H and O–H groups in total. The van der Waals surface area contributed by atoms with E-state index in [2.05, 4.69) is 0 Å². The summed E-state index contributed by atoms with van der Waals surface area (Å²) in [4.78, 5) is 14.1. The average Bonchev–Trinajstić information content (AvgIpc) is 2.58. The van der Waals surface area contributed by atoms with Gasteiger partial charge in [-0.15, -0.1) is 0 Å². The fourth-order valence-corrected chi connectivity index (χ4v) is 2.86. The maximum atomic E-state index is 12.1. The van der Waals surface area contributed by atoms with E-state index in [4.69, 9.17) is 0 Å². The molecule has 0 spiro atoms. The summed E-state index contributed by atoms with van der Waals surface area (Å²) in [6.07, 6.45) is 7.15. The number of nitrogens with zero attached hydrogens (tertiary/aromatic N) is 1. The van der Waals surface area contributed by atoms with Crippen LogP contribution in [0.3, 0.4) is 0 Å². The minimum atomic E-state index is -0.290. The van der Waals surface area contributed by atoms with E-state index in [9.17, 15) is 9.90 Å². The number of carbonyl (C=O) groups is 1. The minimum Gasteiger partial charge on any atom is -0.393 e. The third-order valence-corrected chi connectivity index (χ3v) is 4.00. The van der Waals surface area contributed by atoms with Gasteiger partial charge in [-0.25, -0.2) is 0 Å². The lowest BCUT2D eigenvalue weighted by atomic mass is 9.82. The summed E-state index contributed by atoms with van der Waals surface area (Å²) in [5.41, 5.74) is 0. The van der Waals surface area contributed by atoms with Gasteiger partial charge >= 0.3 is 0 Å². The van der Waals surface area contributed by atoms with Crippen LogP contribution in [0.15, 0.2) is 0 Å². The van der Waals surface area contributed by atoms with Crippen LogP contribution in [0.4, 0.5) is 0 Å². The average molecular weight is 225 g/mol. The zero-order chi connectivity index (χ0) is 11.5. The second-order valence-electron chi connectivity index (χ2n) is 5.47. The van der Waals surface area contributed by atoms with Crippen molar-refractivity contribution in [2.75, 3.05) is 6.54 Å². The van der Waals surface area contributed by atoms with Crippen LogP contribution in [0.2, 0.25) is 0 Å². The Morgan fingerprint density at radius 3 is 2.69 bits per heavy atom. The van der Waals surface area contributed by atoms with Crippen molar-refractivity contribution < 1.29 is 9.90 Å². The largest absolute Gasteiger partial charge is 0.393 e. The summed E-state index contributed by atoms with van der Waals surface area (Å²) in [6.45, 7) is 2.72. The first kappa shape index (κ1) is 11.9. The molecule has 0 aromatic rings. The summed E-state index contributed by atoms with van der Waals surface area (Å²) >= 11 is 0. The number of amides is 1. The second kappa shape index (κ2) is 5.17. The molecule has 2 atom stereocenters. The normalized spacial score (nSPS) is 27.9. The van der Waals surface area contributed by atoms with Crippen molar-refractivity contribution in [3.63, 3.8) is 0 Å². The SMILES string of the molecule is CC(O)CC1CCCN1C(=O)CC1CCC1. The lowest BCUT2D eigenvalue weighted by molar-refractivity contribution is -0.134. The quantitative estimate of drug-likeness (QED) is 0.794. The summed E-state index contributed by atoms with van der Waals surface area (Å²) in [6, 6.07) is 0.299. The van der Waals surface area contributed by atoms with Gasteiger partial charge in [0.2, 0.25) is 5.91 Å². The number of carbonyl (C=O) groups excluding carboxylic acids is 1. The lowest BCUT2D eigenvalue weighted by Crippen LogP contribution is -2.38. The first-order valence-corrected chi connectivity index (χ1v) is 6.64. The van der Waals surface area contributed by atoms with Gasteiger partial charge in [-0.2, -0.15) is 0 Å². The molecule has 2 fully saturated rings. The Hall–Kier alpha value is -0.570. The third kappa shape index (κ3) is 2.76. The summed E-state index contributed by atoms with van der Waals surface area (Å²) in [7, 11) is 0. The monoisotopic (exact) mass is 225 g/mol. The highest BCUT2D eigenvalue weighted by atomic mass is 16.3. The number of aliphatic hydroxyl groups excluding tert-OH is 1. The van der Waals surface area contributed by atoms with Crippen molar-refractivity contribution in [2.24, 2.45) is 5.92 Å². The van der Waals surface area contributed by atoms with Crippen molar-refractivity contribution in [3.8, 4) is 0 Å². The van der Waals surface area contributed by atoms with Gasteiger partial charge in [0, 0.05) is 19.0 Å². The molecule has 3 heteroatoms. The molecule has 0 radical (unpaired) electrons. The molecular weight excluding hydrogens is 202 g/mol. The smallest absolute Gasteiger partial charge is 0.223 e. The van der Waals surface area contributed by atoms with E-state index < -0.39 is 0 Å². The van der Waals surface area contributed by atoms with E-state index in [0.29, 0.717) is 17.9 Å². The number of likely N-dealkylation sites (tertiary alicyclic amines) is 1. The third-order valence-electron chi connectivity index (χ3n) is 4.00. The number of hydrogen-bond acceptors (Lipinski definition) is 2. The predicted octanol–water partition coefficient (Wildman–Crippen LogP) is 1.94. The highest BCUT2D eigenvalue weighted by Gasteiger charge is 2.31. The van der Waals surface area contributed by atoms with Gasteiger partial charge in [-0.05, 0) is 44.9 Å². The molecule has 1 amide bonds. The van der Waals surface area contributed by atoms with Crippen molar-refractivity contribution >= 4 is 5.91 Å². The molecule has 0 aromatic heterocycles. The van der Waals surface area contributed by atoms with Gasteiger partial charge in [0.15, 0.2) is 0 Å². The van der Waals surface area contributed by atoms with Crippen LogP contribution in [0.25, 0.3) is 0 Å². The molecule has 1 saturated heterocycles. The molecule has 2 rings (SSSR count). The first-order chi connectivity index (χ1) is 7.66. The Labute approximate surface area is 97.8 Å². The van der Waals surface area contributed by atoms with Crippen molar-refractivity contribution in [1.82, 2.24) is 4.90 Å². The minimum absolute atomic E-state index is 0.290. The fourth-order valence-electron chi connectivity index (χ4n) is 2.86. The summed E-state index contributed by atoms with van der Waals surface area (Å²) in [5.74, 6) is 0.980. The Morgan fingerprint density at radius 1 is 1.38 bits per heavy atom. The van der Waals surface area contributed by atoms with E-state index in [1.54, 1.807) is 0 Å². The van der Waals surface area contributed by atoms with Gasteiger partial charge in [-0.3, -0.25) is 4.79 Å². The van der Waals surface area contributed by atoms with E-state index in [1.807, 2.05) is 11.8 Å². The van der Waals surface area contributed by atoms with Gasteiger partial charge < -0.3 is 10.0 Å². The Morgan fingerprint density at radius 2 is 2.12 bits per heavy atom. The molecule has 1 aliphatic carbocycles. The van der Waals surface area contributed by atoms with E-state index in [0.717, 1.165) is 32.2 Å². The molecule has 1 saturated carbocycles. The second-order valence-corrected chi connectivity index (χ2v) is 5.47. The molecule has 3 nitrogen and oxygen atoms in total.